The van der Waals surface area contributed by atoms with Gasteiger partial charge in [-0.15, -0.1) is 0 Å². The Morgan fingerprint density at radius 1 is 1.04 bits per heavy atom. The van der Waals surface area contributed by atoms with Gasteiger partial charge in [-0.1, -0.05) is 30.3 Å². The highest BCUT2D eigenvalue weighted by Crippen LogP contribution is 2.41. The molecule has 0 aliphatic rings. The molecule has 2 aromatic carbocycles. The molecule has 5 nitrogen and oxygen atoms in total. The first-order chi connectivity index (χ1) is 11.3. The van der Waals surface area contributed by atoms with E-state index in [9.17, 15) is 4.79 Å². The highest BCUT2D eigenvalue weighted by Gasteiger charge is 2.18. The van der Waals surface area contributed by atoms with Crippen LogP contribution < -0.4 is 9.47 Å². The van der Waals surface area contributed by atoms with E-state index in [1.807, 2.05) is 30.3 Å². The van der Waals surface area contributed by atoms with E-state index < -0.39 is 0 Å². The van der Waals surface area contributed by atoms with Gasteiger partial charge < -0.3 is 9.47 Å². The summed E-state index contributed by atoms with van der Waals surface area (Å²) < 4.78 is 10.8. The molecule has 1 N–H and O–H groups in total. The van der Waals surface area contributed by atoms with Crippen LogP contribution >= 0.6 is 0 Å². The number of methoxy groups -OCH3 is 2. The fraction of sp³-hybridized carbons (Fsp3) is 0.111. The van der Waals surface area contributed by atoms with Crippen LogP contribution in [0.3, 0.4) is 0 Å². The van der Waals surface area contributed by atoms with Crippen molar-refractivity contribution in [3.05, 3.63) is 54.2 Å². The molecule has 0 fully saturated rings. The fourth-order valence-electron chi connectivity index (χ4n) is 2.57. The Morgan fingerprint density at radius 3 is 2.48 bits per heavy atom. The van der Waals surface area contributed by atoms with E-state index in [4.69, 9.17) is 9.47 Å². The average molecular weight is 308 g/mol. The van der Waals surface area contributed by atoms with Gasteiger partial charge in [0.05, 0.1) is 26.1 Å². The zero-order chi connectivity index (χ0) is 16.2. The van der Waals surface area contributed by atoms with Crippen molar-refractivity contribution in [2.24, 2.45) is 0 Å². The van der Waals surface area contributed by atoms with Crippen molar-refractivity contribution in [1.82, 2.24) is 10.2 Å². The molecule has 5 heteroatoms. The molecule has 3 rings (SSSR count). The van der Waals surface area contributed by atoms with Crippen molar-refractivity contribution >= 4 is 6.29 Å². The summed E-state index contributed by atoms with van der Waals surface area (Å²) in [4.78, 5) is 11.2. The summed E-state index contributed by atoms with van der Waals surface area (Å²) >= 11 is 0. The van der Waals surface area contributed by atoms with Gasteiger partial charge >= 0.3 is 0 Å². The van der Waals surface area contributed by atoms with E-state index in [0.717, 1.165) is 28.7 Å². The van der Waals surface area contributed by atoms with Crippen LogP contribution in [0.4, 0.5) is 0 Å². The summed E-state index contributed by atoms with van der Waals surface area (Å²) in [5.74, 6) is 1.07. The number of hydrogen-bond donors (Lipinski definition) is 1. The predicted octanol–water partition coefficient (Wildman–Crippen LogP) is 3.57. The minimum absolute atomic E-state index is 0.507. The number of aromatic nitrogens is 2. The van der Waals surface area contributed by atoms with Gasteiger partial charge in [0.2, 0.25) is 0 Å². The van der Waals surface area contributed by atoms with E-state index in [0.29, 0.717) is 17.1 Å². The molecule has 1 heterocycles. The molecule has 0 saturated carbocycles. The topological polar surface area (TPSA) is 64.2 Å². The quantitative estimate of drug-likeness (QED) is 0.732. The molecule has 0 bridgehead atoms. The first kappa shape index (κ1) is 14.8. The van der Waals surface area contributed by atoms with Crippen molar-refractivity contribution in [3.63, 3.8) is 0 Å². The van der Waals surface area contributed by atoms with Crippen LogP contribution in [0.5, 0.6) is 11.5 Å². The first-order valence-corrected chi connectivity index (χ1v) is 7.08. The third-order valence-electron chi connectivity index (χ3n) is 3.63. The number of carbonyl (C=O) groups excluding carboxylic acids is 1. The SMILES string of the molecule is COc1cc(C=O)cc(-c2cn[nH]c2-c2ccccc2)c1OC. The summed E-state index contributed by atoms with van der Waals surface area (Å²) in [6.45, 7) is 0. The van der Waals surface area contributed by atoms with E-state index in [-0.39, 0.29) is 0 Å². The van der Waals surface area contributed by atoms with Crippen LogP contribution in [0.1, 0.15) is 10.4 Å². The molecule has 0 radical (unpaired) electrons. The minimum atomic E-state index is 0.507. The molecular formula is C18H16N2O3. The summed E-state index contributed by atoms with van der Waals surface area (Å²) in [6, 6.07) is 13.3. The van der Waals surface area contributed by atoms with E-state index in [2.05, 4.69) is 10.2 Å². The Bertz CT molecular complexity index is 826. The molecule has 0 atom stereocenters. The van der Waals surface area contributed by atoms with Crippen molar-refractivity contribution < 1.29 is 14.3 Å². The second-order valence-corrected chi connectivity index (χ2v) is 4.95. The van der Waals surface area contributed by atoms with E-state index in [1.54, 1.807) is 32.5 Å². The number of carbonyl (C=O) groups is 1. The Labute approximate surface area is 133 Å². The Kier molecular flexibility index (Phi) is 4.10. The summed E-state index contributed by atoms with van der Waals surface area (Å²) in [5, 5.41) is 7.16. The lowest BCUT2D eigenvalue weighted by Crippen LogP contribution is -1.96. The molecule has 0 unspecified atom stereocenters. The van der Waals surface area contributed by atoms with Gasteiger partial charge in [-0.25, -0.2) is 0 Å². The van der Waals surface area contributed by atoms with Gasteiger partial charge in [0.1, 0.15) is 6.29 Å². The lowest BCUT2D eigenvalue weighted by molar-refractivity contribution is 0.112. The van der Waals surface area contributed by atoms with Gasteiger partial charge in [0.25, 0.3) is 0 Å². The number of H-pyrrole nitrogens is 1. The Morgan fingerprint density at radius 2 is 1.83 bits per heavy atom. The molecule has 0 amide bonds. The number of nitrogens with zero attached hydrogens (tertiary/aromatic N) is 1. The maximum atomic E-state index is 11.2. The summed E-state index contributed by atoms with van der Waals surface area (Å²) in [6.07, 6.45) is 2.50. The monoisotopic (exact) mass is 308 g/mol. The van der Waals surface area contributed by atoms with Crippen LogP contribution in [0.15, 0.2) is 48.7 Å². The molecule has 0 spiro atoms. The van der Waals surface area contributed by atoms with Crippen LogP contribution in [-0.2, 0) is 0 Å². The first-order valence-electron chi connectivity index (χ1n) is 7.08. The van der Waals surface area contributed by atoms with Gasteiger partial charge in [0, 0.05) is 22.3 Å². The van der Waals surface area contributed by atoms with Gasteiger partial charge in [0.15, 0.2) is 11.5 Å². The van der Waals surface area contributed by atoms with Crippen molar-refractivity contribution in [3.8, 4) is 33.9 Å². The second-order valence-electron chi connectivity index (χ2n) is 4.95. The van der Waals surface area contributed by atoms with Crippen LogP contribution in [0.25, 0.3) is 22.4 Å². The van der Waals surface area contributed by atoms with Crippen LogP contribution in [0, 0.1) is 0 Å². The molecule has 1 aromatic heterocycles. The molecule has 0 saturated heterocycles. The molecule has 0 aliphatic carbocycles. The Hall–Kier alpha value is -3.08. The average Bonchev–Trinajstić information content (AvgIpc) is 3.10. The smallest absolute Gasteiger partial charge is 0.168 e. The van der Waals surface area contributed by atoms with Crippen molar-refractivity contribution in [2.75, 3.05) is 14.2 Å². The minimum Gasteiger partial charge on any atom is -0.493 e. The Balaban J connectivity index is 2.24. The zero-order valence-corrected chi connectivity index (χ0v) is 12.9. The molecule has 116 valence electrons. The van der Waals surface area contributed by atoms with Gasteiger partial charge in [-0.2, -0.15) is 5.10 Å². The number of aldehydes is 1. The largest absolute Gasteiger partial charge is 0.493 e. The number of hydrogen-bond acceptors (Lipinski definition) is 4. The fourth-order valence-corrected chi connectivity index (χ4v) is 2.57. The third-order valence-corrected chi connectivity index (χ3v) is 3.63. The standard InChI is InChI=1S/C18H16N2O3/c1-22-16-9-12(11-21)8-14(18(16)23-2)15-10-19-20-17(15)13-6-4-3-5-7-13/h3-11H,1-2H3,(H,19,20). The van der Waals surface area contributed by atoms with Gasteiger partial charge in [-0.05, 0) is 12.1 Å². The highest BCUT2D eigenvalue weighted by molar-refractivity contribution is 5.89. The van der Waals surface area contributed by atoms with Crippen molar-refractivity contribution in [2.45, 2.75) is 0 Å². The third kappa shape index (κ3) is 2.68. The number of aromatic amines is 1. The van der Waals surface area contributed by atoms with Crippen molar-refractivity contribution in [1.29, 1.82) is 0 Å². The van der Waals surface area contributed by atoms with E-state index >= 15 is 0 Å². The highest BCUT2D eigenvalue weighted by atomic mass is 16.5. The lowest BCUT2D eigenvalue weighted by atomic mass is 9.99. The van der Waals surface area contributed by atoms with Gasteiger partial charge in [-0.3, -0.25) is 9.89 Å². The summed E-state index contributed by atoms with van der Waals surface area (Å²) in [5.41, 5.74) is 3.96. The second kappa shape index (κ2) is 6.36. The zero-order valence-electron chi connectivity index (χ0n) is 12.9. The number of benzene rings is 2. The molecule has 3 aromatic rings. The summed E-state index contributed by atoms with van der Waals surface area (Å²) in [7, 11) is 3.12. The maximum Gasteiger partial charge on any atom is 0.168 e. The van der Waals surface area contributed by atoms with Crippen LogP contribution in [-0.4, -0.2) is 30.7 Å². The van der Waals surface area contributed by atoms with E-state index in [1.165, 1.54) is 0 Å². The maximum absolute atomic E-state index is 11.2. The molecular weight excluding hydrogens is 292 g/mol. The number of rotatable bonds is 5. The molecule has 0 aliphatic heterocycles. The van der Waals surface area contributed by atoms with Crippen LogP contribution in [0.2, 0.25) is 0 Å². The lowest BCUT2D eigenvalue weighted by Gasteiger charge is -2.14. The molecule has 23 heavy (non-hydrogen) atoms. The predicted molar refractivity (Wildman–Crippen MR) is 88.0 cm³/mol. The number of nitrogens with one attached hydrogen (secondary N) is 1. The number of ether oxygens (including phenoxy) is 2. The normalized spacial score (nSPS) is 10.3.